The molecule has 2 rings (SSSR count). The highest BCUT2D eigenvalue weighted by atomic mass is 19.4. The molecule has 0 aliphatic rings. The van der Waals surface area contributed by atoms with Gasteiger partial charge < -0.3 is 10.6 Å². The van der Waals surface area contributed by atoms with Crippen molar-refractivity contribution >= 4 is 11.4 Å². The van der Waals surface area contributed by atoms with Gasteiger partial charge in [0.15, 0.2) is 0 Å². The molecule has 0 spiro atoms. The maximum Gasteiger partial charge on any atom is 0.418 e. The smallest absolute Gasteiger partial charge is 0.344 e. The molecule has 0 fully saturated rings. The van der Waals surface area contributed by atoms with Gasteiger partial charge in [-0.15, -0.1) is 0 Å². The Kier molecular flexibility index (Phi) is 4.18. The van der Waals surface area contributed by atoms with Crippen LogP contribution in [0.2, 0.25) is 0 Å². The highest BCUT2D eigenvalue weighted by Crippen LogP contribution is 2.39. The van der Waals surface area contributed by atoms with Gasteiger partial charge in [-0.05, 0) is 35.9 Å². The van der Waals surface area contributed by atoms with Gasteiger partial charge in [-0.1, -0.05) is 12.1 Å². The Morgan fingerprint density at radius 3 is 2.38 bits per heavy atom. The van der Waals surface area contributed by atoms with Gasteiger partial charge in [-0.3, -0.25) is 0 Å². The first kappa shape index (κ1) is 15.3. The van der Waals surface area contributed by atoms with Crippen LogP contribution in [-0.2, 0) is 12.7 Å². The number of hydrogen-bond donors (Lipinski definition) is 1. The molecule has 2 aromatic rings. The van der Waals surface area contributed by atoms with Crippen molar-refractivity contribution in [3.05, 3.63) is 59.4 Å². The first-order valence-corrected chi connectivity index (χ1v) is 6.22. The lowest BCUT2D eigenvalue weighted by atomic mass is 10.1. The maximum atomic E-state index is 13.2. The lowest BCUT2D eigenvalue weighted by molar-refractivity contribution is -0.137. The first-order chi connectivity index (χ1) is 9.82. The minimum Gasteiger partial charge on any atom is -0.344 e. The molecule has 0 atom stereocenters. The normalized spacial score (nSPS) is 11.5. The second-order valence-electron chi connectivity index (χ2n) is 4.59. The molecule has 0 heterocycles. The van der Waals surface area contributed by atoms with Crippen LogP contribution in [0.3, 0.4) is 0 Å². The van der Waals surface area contributed by atoms with E-state index >= 15 is 0 Å². The Balaban J connectivity index is 2.52. The van der Waals surface area contributed by atoms with Crippen molar-refractivity contribution in [2.24, 2.45) is 5.73 Å². The molecule has 0 unspecified atom stereocenters. The monoisotopic (exact) mass is 298 g/mol. The molecule has 21 heavy (non-hydrogen) atoms. The van der Waals surface area contributed by atoms with Crippen molar-refractivity contribution in [2.45, 2.75) is 12.7 Å². The second-order valence-corrected chi connectivity index (χ2v) is 4.59. The molecule has 0 amide bonds. The van der Waals surface area contributed by atoms with E-state index in [9.17, 15) is 17.6 Å². The summed E-state index contributed by atoms with van der Waals surface area (Å²) in [6.45, 7) is 0.0209. The molecule has 6 heteroatoms. The zero-order valence-corrected chi connectivity index (χ0v) is 11.3. The molecule has 112 valence electrons. The quantitative estimate of drug-likeness (QED) is 0.865. The van der Waals surface area contributed by atoms with Crippen molar-refractivity contribution in [1.29, 1.82) is 0 Å². The molecule has 2 nitrogen and oxygen atoms in total. The summed E-state index contributed by atoms with van der Waals surface area (Å²) in [5.74, 6) is -0.508. The lowest BCUT2D eigenvalue weighted by Crippen LogP contribution is -2.17. The van der Waals surface area contributed by atoms with Crippen molar-refractivity contribution < 1.29 is 17.6 Å². The summed E-state index contributed by atoms with van der Waals surface area (Å²) in [4.78, 5) is 1.30. The average molecular weight is 298 g/mol. The van der Waals surface area contributed by atoms with Crippen LogP contribution in [-0.4, -0.2) is 7.05 Å². The van der Waals surface area contributed by atoms with Crippen LogP contribution in [0.15, 0.2) is 42.5 Å². The largest absolute Gasteiger partial charge is 0.418 e. The van der Waals surface area contributed by atoms with Crippen LogP contribution in [0.25, 0.3) is 0 Å². The summed E-state index contributed by atoms with van der Waals surface area (Å²) in [6, 6.07) is 9.29. The number of rotatable bonds is 3. The average Bonchev–Trinajstić information content (AvgIpc) is 2.45. The number of halogens is 4. The molecule has 0 bridgehead atoms. The predicted octanol–water partition coefficient (Wildman–Crippen LogP) is 4.07. The lowest BCUT2D eigenvalue weighted by Gasteiger charge is -2.24. The van der Waals surface area contributed by atoms with Gasteiger partial charge in [0, 0.05) is 19.3 Å². The maximum absolute atomic E-state index is 13.2. The van der Waals surface area contributed by atoms with Crippen molar-refractivity contribution in [3.63, 3.8) is 0 Å². The van der Waals surface area contributed by atoms with Crippen LogP contribution in [0, 0.1) is 5.82 Å². The van der Waals surface area contributed by atoms with Gasteiger partial charge in [-0.25, -0.2) is 4.39 Å². The van der Waals surface area contributed by atoms with Crippen LogP contribution >= 0.6 is 0 Å². The summed E-state index contributed by atoms with van der Waals surface area (Å²) in [5, 5.41) is 0. The van der Waals surface area contributed by atoms with Gasteiger partial charge in [0.2, 0.25) is 0 Å². The van der Waals surface area contributed by atoms with E-state index in [1.54, 1.807) is 6.07 Å². The SMILES string of the molecule is CN(c1cccc(F)c1)c1ccc(CN)cc1C(F)(F)F. The zero-order chi connectivity index (χ0) is 15.6. The van der Waals surface area contributed by atoms with E-state index in [1.165, 1.54) is 42.3 Å². The molecular weight excluding hydrogens is 284 g/mol. The minimum atomic E-state index is -4.51. The number of anilines is 2. The molecule has 0 aliphatic carbocycles. The Morgan fingerprint density at radius 2 is 1.81 bits per heavy atom. The van der Waals surface area contributed by atoms with E-state index in [1.807, 2.05) is 0 Å². The first-order valence-electron chi connectivity index (χ1n) is 6.22. The fourth-order valence-electron chi connectivity index (χ4n) is 2.05. The summed E-state index contributed by atoms with van der Waals surface area (Å²) in [6.07, 6.45) is -4.51. The molecular formula is C15H14F4N2. The summed E-state index contributed by atoms with van der Waals surface area (Å²) in [7, 11) is 1.46. The Bertz CT molecular complexity index is 638. The summed E-state index contributed by atoms with van der Waals surface area (Å²) < 4.78 is 52.8. The van der Waals surface area contributed by atoms with E-state index in [2.05, 4.69) is 0 Å². The molecule has 2 N–H and O–H groups in total. The third kappa shape index (κ3) is 3.33. The van der Waals surface area contributed by atoms with Crippen LogP contribution < -0.4 is 10.6 Å². The second kappa shape index (κ2) is 5.73. The van der Waals surface area contributed by atoms with E-state index in [4.69, 9.17) is 5.73 Å². The molecule has 0 saturated heterocycles. The Morgan fingerprint density at radius 1 is 1.10 bits per heavy atom. The third-order valence-corrected chi connectivity index (χ3v) is 3.16. The van der Waals surface area contributed by atoms with E-state index in [-0.39, 0.29) is 12.2 Å². The van der Waals surface area contributed by atoms with Crippen LogP contribution in [0.5, 0.6) is 0 Å². The Labute approximate surface area is 119 Å². The van der Waals surface area contributed by atoms with Gasteiger partial charge in [0.1, 0.15) is 5.82 Å². The minimum absolute atomic E-state index is 0.0209. The van der Waals surface area contributed by atoms with E-state index in [0.717, 1.165) is 6.07 Å². The van der Waals surface area contributed by atoms with Crippen LogP contribution in [0.1, 0.15) is 11.1 Å². The highest BCUT2D eigenvalue weighted by Gasteiger charge is 2.34. The molecule has 0 saturated carbocycles. The van der Waals surface area contributed by atoms with Crippen molar-refractivity contribution in [2.75, 3.05) is 11.9 Å². The van der Waals surface area contributed by atoms with Gasteiger partial charge in [-0.2, -0.15) is 13.2 Å². The zero-order valence-electron chi connectivity index (χ0n) is 11.3. The van der Waals surface area contributed by atoms with E-state index in [0.29, 0.717) is 11.3 Å². The summed E-state index contributed by atoms with van der Waals surface area (Å²) in [5.41, 5.74) is 5.27. The van der Waals surface area contributed by atoms with Crippen molar-refractivity contribution in [1.82, 2.24) is 0 Å². The summed E-state index contributed by atoms with van der Waals surface area (Å²) >= 11 is 0. The number of benzene rings is 2. The number of hydrogen-bond acceptors (Lipinski definition) is 2. The molecule has 0 aliphatic heterocycles. The predicted molar refractivity (Wildman–Crippen MR) is 73.8 cm³/mol. The molecule has 2 aromatic carbocycles. The topological polar surface area (TPSA) is 29.3 Å². The number of nitrogens with two attached hydrogens (primary N) is 1. The fourth-order valence-corrected chi connectivity index (χ4v) is 2.05. The fraction of sp³-hybridized carbons (Fsp3) is 0.200. The number of nitrogens with zero attached hydrogens (tertiary/aromatic N) is 1. The van der Waals surface area contributed by atoms with E-state index < -0.39 is 17.6 Å². The van der Waals surface area contributed by atoms with Gasteiger partial charge in [0.25, 0.3) is 0 Å². The third-order valence-electron chi connectivity index (χ3n) is 3.16. The number of alkyl halides is 3. The molecule has 0 radical (unpaired) electrons. The highest BCUT2D eigenvalue weighted by molar-refractivity contribution is 5.67. The van der Waals surface area contributed by atoms with Gasteiger partial charge >= 0.3 is 6.18 Å². The standard InChI is InChI=1S/C15H14F4N2/c1-21(12-4-2-3-11(16)8-12)14-6-5-10(9-20)7-13(14)15(17,18)19/h2-8H,9,20H2,1H3. The Hall–Kier alpha value is -2.08. The van der Waals surface area contributed by atoms with Gasteiger partial charge in [0.05, 0.1) is 11.3 Å². The molecule has 0 aromatic heterocycles. The van der Waals surface area contributed by atoms with Crippen molar-refractivity contribution in [3.8, 4) is 0 Å². The van der Waals surface area contributed by atoms with Crippen LogP contribution in [0.4, 0.5) is 28.9 Å².